The number of thioether (sulfide) groups is 1. The average Bonchev–Trinajstić information content (AvgIpc) is 3.15. The van der Waals surface area contributed by atoms with Gasteiger partial charge in [-0.15, -0.1) is 11.8 Å². The molecule has 1 aromatic rings. The molecule has 0 radical (unpaired) electrons. The molecule has 19 heavy (non-hydrogen) atoms. The molecule has 1 aliphatic rings. The van der Waals surface area contributed by atoms with Crippen molar-refractivity contribution in [1.29, 1.82) is 0 Å². The molecule has 5 nitrogen and oxygen atoms in total. The van der Waals surface area contributed by atoms with E-state index in [1.807, 2.05) is 6.92 Å². The number of rotatable bonds is 6. The molecule has 0 bridgehead atoms. The quantitative estimate of drug-likeness (QED) is 0.642. The third kappa shape index (κ3) is 2.88. The lowest BCUT2D eigenvalue weighted by Crippen LogP contribution is -2.14. The van der Waals surface area contributed by atoms with E-state index in [4.69, 9.17) is 10.5 Å². The van der Waals surface area contributed by atoms with E-state index in [1.54, 1.807) is 11.6 Å². The molecular weight excluding hydrogens is 262 g/mol. The summed E-state index contributed by atoms with van der Waals surface area (Å²) in [5.74, 6) is 1.55. The molecular formula is C13H21N3O2S. The fourth-order valence-electron chi connectivity index (χ4n) is 2.15. The van der Waals surface area contributed by atoms with Crippen molar-refractivity contribution in [1.82, 2.24) is 9.78 Å². The van der Waals surface area contributed by atoms with Gasteiger partial charge in [-0.3, -0.25) is 0 Å². The van der Waals surface area contributed by atoms with Gasteiger partial charge in [0.05, 0.1) is 12.6 Å². The molecule has 1 unspecified atom stereocenters. The van der Waals surface area contributed by atoms with Gasteiger partial charge in [-0.05, 0) is 38.4 Å². The minimum atomic E-state index is -0.370. The minimum Gasteiger partial charge on any atom is -0.462 e. The number of nitrogens with two attached hydrogens (primary N) is 1. The van der Waals surface area contributed by atoms with Crippen molar-refractivity contribution in [3.05, 3.63) is 5.56 Å². The summed E-state index contributed by atoms with van der Waals surface area (Å²) in [6.07, 6.45) is 2.43. The van der Waals surface area contributed by atoms with Gasteiger partial charge in [0.15, 0.2) is 0 Å². The normalized spacial score (nSPS) is 16.4. The second kappa shape index (κ2) is 5.86. The number of hydrogen-bond acceptors (Lipinski definition) is 5. The summed E-state index contributed by atoms with van der Waals surface area (Å²) in [6.45, 7) is 6.27. The van der Waals surface area contributed by atoms with E-state index in [-0.39, 0.29) is 12.0 Å². The average molecular weight is 283 g/mol. The van der Waals surface area contributed by atoms with Crippen LogP contribution in [0.4, 0.5) is 5.82 Å². The molecule has 1 aromatic heterocycles. The highest BCUT2D eigenvalue weighted by Crippen LogP contribution is 2.41. The van der Waals surface area contributed by atoms with Gasteiger partial charge < -0.3 is 10.5 Å². The molecule has 0 amide bonds. The largest absolute Gasteiger partial charge is 0.462 e. The molecule has 106 valence electrons. The van der Waals surface area contributed by atoms with Crippen LogP contribution in [0.15, 0.2) is 5.03 Å². The van der Waals surface area contributed by atoms with Crippen molar-refractivity contribution >= 4 is 23.5 Å². The lowest BCUT2D eigenvalue weighted by atomic mass is 10.2. The van der Waals surface area contributed by atoms with Crippen LogP contribution < -0.4 is 5.73 Å². The third-order valence-corrected chi connectivity index (χ3v) is 4.21. The molecule has 1 saturated carbocycles. The Kier molecular flexibility index (Phi) is 4.39. The third-order valence-electron chi connectivity index (χ3n) is 3.37. The van der Waals surface area contributed by atoms with E-state index in [0.717, 1.165) is 5.75 Å². The van der Waals surface area contributed by atoms with Gasteiger partial charge in [0.1, 0.15) is 16.4 Å². The topological polar surface area (TPSA) is 70.1 Å². The summed E-state index contributed by atoms with van der Waals surface area (Å²) >= 11 is 1.53. The molecule has 2 N–H and O–H groups in total. The summed E-state index contributed by atoms with van der Waals surface area (Å²) < 4.78 is 6.87. The highest BCUT2D eigenvalue weighted by Gasteiger charge is 2.33. The Morgan fingerprint density at radius 3 is 2.79 bits per heavy atom. The Bertz CT molecular complexity index is 469. The van der Waals surface area contributed by atoms with Crippen molar-refractivity contribution in [3.63, 3.8) is 0 Å². The van der Waals surface area contributed by atoms with Crippen LogP contribution in [0.2, 0.25) is 0 Å². The van der Waals surface area contributed by atoms with Crippen molar-refractivity contribution in [2.24, 2.45) is 5.92 Å². The van der Waals surface area contributed by atoms with Crippen LogP contribution in [0.1, 0.15) is 50.0 Å². The van der Waals surface area contributed by atoms with Crippen molar-refractivity contribution in [3.8, 4) is 0 Å². The highest BCUT2D eigenvalue weighted by molar-refractivity contribution is 7.99. The fourth-order valence-corrected chi connectivity index (χ4v) is 2.90. The number of ether oxygens (including phenoxy) is 1. The van der Waals surface area contributed by atoms with Crippen LogP contribution >= 0.6 is 11.8 Å². The maximum atomic E-state index is 12.0. The number of nitrogen functional groups attached to an aromatic ring is 1. The van der Waals surface area contributed by atoms with E-state index >= 15 is 0 Å². The van der Waals surface area contributed by atoms with Gasteiger partial charge in [0, 0.05) is 0 Å². The van der Waals surface area contributed by atoms with E-state index in [2.05, 4.69) is 12.0 Å². The summed E-state index contributed by atoms with van der Waals surface area (Å²) in [6, 6.07) is 0.249. The molecule has 1 heterocycles. The van der Waals surface area contributed by atoms with Crippen LogP contribution in [0, 0.1) is 5.92 Å². The Morgan fingerprint density at radius 1 is 1.58 bits per heavy atom. The Balaban J connectivity index is 2.35. The number of carbonyl (C=O) groups is 1. The monoisotopic (exact) mass is 283 g/mol. The molecule has 0 spiro atoms. The molecule has 0 aromatic carbocycles. The molecule has 0 aliphatic heterocycles. The number of aromatic nitrogens is 2. The molecule has 1 atom stereocenters. The molecule has 1 fully saturated rings. The molecule has 6 heteroatoms. The Hall–Kier alpha value is -1.17. The Morgan fingerprint density at radius 2 is 2.26 bits per heavy atom. The highest BCUT2D eigenvalue weighted by atomic mass is 32.2. The first-order valence-corrected chi connectivity index (χ1v) is 7.76. The number of esters is 1. The molecule has 0 saturated heterocycles. The van der Waals surface area contributed by atoms with Crippen LogP contribution in [0.5, 0.6) is 0 Å². The number of carbonyl (C=O) groups excluding carboxylic acids is 1. The van der Waals surface area contributed by atoms with Gasteiger partial charge in [-0.2, -0.15) is 5.10 Å². The molecule has 2 rings (SSSR count). The zero-order valence-corrected chi connectivity index (χ0v) is 12.5. The summed E-state index contributed by atoms with van der Waals surface area (Å²) in [5.41, 5.74) is 6.55. The second-order valence-electron chi connectivity index (χ2n) is 4.74. The number of nitrogens with zero attached hydrogens (tertiary/aromatic N) is 2. The lowest BCUT2D eigenvalue weighted by Gasteiger charge is -2.12. The van der Waals surface area contributed by atoms with E-state index in [1.165, 1.54) is 24.6 Å². The van der Waals surface area contributed by atoms with Gasteiger partial charge in [0.2, 0.25) is 0 Å². The van der Waals surface area contributed by atoms with Gasteiger partial charge in [-0.25, -0.2) is 9.48 Å². The summed E-state index contributed by atoms with van der Waals surface area (Å²) in [5, 5.41) is 5.20. The number of hydrogen-bond donors (Lipinski definition) is 1. The first-order valence-electron chi connectivity index (χ1n) is 6.78. The Labute approximate surface area is 117 Å². The maximum absolute atomic E-state index is 12.0. The van der Waals surface area contributed by atoms with E-state index in [0.29, 0.717) is 28.9 Å². The standard InChI is InChI=1S/C13H21N3O2S/c1-4-18-13(17)10-11(14)16(8(3)9-6-7-9)15-12(10)19-5-2/h8-9H,4-7,14H2,1-3H3. The van der Waals surface area contributed by atoms with Crippen molar-refractivity contribution in [2.45, 2.75) is 44.7 Å². The fraction of sp³-hybridized carbons (Fsp3) is 0.692. The SMILES string of the molecule is CCOC(=O)c1c(SCC)nn(C(C)C2CC2)c1N. The van der Waals surface area contributed by atoms with Crippen LogP contribution in [0.3, 0.4) is 0 Å². The van der Waals surface area contributed by atoms with E-state index in [9.17, 15) is 4.79 Å². The predicted octanol–water partition coefficient (Wildman–Crippen LogP) is 2.73. The predicted molar refractivity (Wildman–Crippen MR) is 76.4 cm³/mol. The van der Waals surface area contributed by atoms with Gasteiger partial charge in [-0.1, -0.05) is 6.92 Å². The molecule has 1 aliphatic carbocycles. The van der Waals surface area contributed by atoms with Crippen LogP contribution in [0.25, 0.3) is 0 Å². The smallest absolute Gasteiger partial charge is 0.344 e. The zero-order valence-electron chi connectivity index (χ0n) is 11.7. The van der Waals surface area contributed by atoms with Crippen molar-refractivity contribution in [2.75, 3.05) is 18.1 Å². The van der Waals surface area contributed by atoms with E-state index < -0.39 is 0 Å². The maximum Gasteiger partial charge on any atom is 0.344 e. The first kappa shape index (κ1) is 14.2. The number of anilines is 1. The van der Waals surface area contributed by atoms with Crippen LogP contribution in [-0.2, 0) is 4.74 Å². The van der Waals surface area contributed by atoms with Gasteiger partial charge in [0.25, 0.3) is 0 Å². The van der Waals surface area contributed by atoms with Crippen LogP contribution in [-0.4, -0.2) is 28.1 Å². The summed E-state index contributed by atoms with van der Waals surface area (Å²) in [4.78, 5) is 12.0. The second-order valence-corrected chi connectivity index (χ2v) is 5.99. The lowest BCUT2D eigenvalue weighted by molar-refractivity contribution is 0.0523. The zero-order chi connectivity index (χ0) is 14.0. The van der Waals surface area contributed by atoms with Gasteiger partial charge >= 0.3 is 5.97 Å². The summed E-state index contributed by atoms with van der Waals surface area (Å²) in [7, 11) is 0. The first-order chi connectivity index (χ1) is 9.10. The minimum absolute atomic E-state index is 0.249. The van der Waals surface area contributed by atoms with Crippen molar-refractivity contribution < 1.29 is 9.53 Å².